The number of aromatic nitrogens is 1. The average Bonchev–Trinajstić information content (AvgIpc) is 2.74. The van der Waals surface area contributed by atoms with Crippen LogP contribution in [0.25, 0.3) is 0 Å². The summed E-state index contributed by atoms with van der Waals surface area (Å²) in [6.07, 6.45) is 11.1. The van der Waals surface area contributed by atoms with Gasteiger partial charge in [-0.3, -0.25) is 9.99 Å². The zero-order chi connectivity index (χ0) is 10.1. The normalized spacial score (nSPS) is 29.2. The zero-order valence-corrected chi connectivity index (χ0v) is 8.71. The van der Waals surface area contributed by atoms with Crippen LogP contribution in [-0.2, 0) is 0 Å². The van der Waals surface area contributed by atoms with Crippen LogP contribution in [0.2, 0.25) is 0 Å². The minimum atomic E-state index is 0.586. The second kappa shape index (κ2) is 3.65. The van der Waals surface area contributed by atoms with Crippen molar-refractivity contribution in [3.63, 3.8) is 0 Å². The van der Waals surface area contributed by atoms with Crippen molar-refractivity contribution >= 4 is 11.9 Å². The van der Waals surface area contributed by atoms with E-state index in [4.69, 9.17) is 0 Å². The van der Waals surface area contributed by atoms with Crippen LogP contribution in [0.4, 0.5) is 5.69 Å². The van der Waals surface area contributed by atoms with Crippen LogP contribution in [-0.4, -0.2) is 17.2 Å². The van der Waals surface area contributed by atoms with Gasteiger partial charge < -0.3 is 0 Å². The Bertz CT molecular complexity index is 360. The second-order valence-electron chi connectivity index (χ2n) is 4.34. The first kappa shape index (κ1) is 8.89. The first-order valence-corrected chi connectivity index (χ1v) is 5.68. The van der Waals surface area contributed by atoms with Crippen molar-refractivity contribution in [2.75, 3.05) is 5.01 Å². The van der Waals surface area contributed by atoms with Gasteiger partial charge in [0.05, 0.1) is 17.9 Å². The monoisotopic (exact) mass is 201 g/mol. The molecule has 1 aromatic rings. The lowest BCUT2D eigenvalue weighted by Gasteiger charge is -2.30. The Morgan fingerprint density at radius 1 is 1.27 bits per heavy atom. The van der Waals surface area contributed by atoms with E-state index in [0.717, 1.165) is 5.69 Å². The fourth-order valence-corrected chi connectivity index (χ4v) is 2.61. The molecule has 0 amide bonds. The maximum Gasteiger partial charge on any atom is 0.0780 e. The number of pyridine rings is 1. The maximum atomic E-state index is 4.52. The van der Waals surface area contributed by atoms with Crippen molar-refractivity contribution in [1.82, 2.24) is 4.98 Å². The minimum Gasteiger partial charge on any atom is -0.262 e. The van der Waals surface area contributed by atoms with Crippen LogP contribution in [0, 0.1) is 5.92 Å². The van der Waals surface area contributed by atoms with Gasteiger partial charge in [-0.25, -0.2) is 0 Å². The molecule has 2 unspecified atom stereocenters. The molecule has 1 aromatic heterocycles. The summed E-state index contributed by atoms with van der Waals surface area (Å²) < 4.78 is 0. The van der Waals surface area contributed by atoms with Crippen molar-refractivity contribution < 1.29 is 0 Å². The van der Waals surface area contributed by atoms with E-state index in [-0.39, 0.29) is 0 Å². The third-order valence-corrected chi connectivity index (χ3v) is 3.39. The summed E-state index contributed by atoms with van der Waals surface area (Å²) in [6, 6.07) is 4.64. The van der Waals surface area contributed by atoms with Crippen molar-refractivity contribution in [2.24, 2.45) is 11.0 Å². The van der Waals surface area contributed by atoms with Crippen LogP contribution >= 0.6 is 0 Å². The molecule has 0 bridgehead atoms. The third-order valence-electron chi connectivity index (χ3n) is 3.39. The number of hydrogen-bond acceptors (Lipinski definition) is 3. The highest BCUT2D eigenvalue weighted by atomic mass is 15.5. The molecule has 0 N–H and O–H groups in total. The number of hydrogen-bond donors (Lipinski definition) is 0. The molecule has 0 saturated heterocycles. The molecule has 1 aliphatic heterocycles. The first-order valence-electron chi connectivity index (χ1n) is 5.68. The lowest BCUT2D eigenvalue weighted by atomic mass is 9.86. The Morgan fingerprint density at radius 3 is 3.07 bits per heavy atom. The number of fused-ring (bicyclic) bond motifs is 1. The molecule has 0 radical (unpaired) electrons. The molecule has 1 saturated carbocycles. The molecule has 1 fully saturated rings. The van der Waals surface area contributed by atoms with E-state index in [9.17, 15) is 0 Å². The summed E-state index contributed by atoms with van der Waals surface area (Å²) in [5, 5.41) is 6.67. The molecule has 1 aliphatic carbocycles. The number of rotatable bonds is 1. The second-order valence-corrected chi connectivity index (χ2v) is 4.34. The summed E-state index contributed by atoms with van der Waals surface area (Å²) in [5.41, 5.74) is 1.13. The van der Waals surface area contributed by atoms with E-state index in [2.05, 4.69) is 27.4 Å². The quantitative estimate of drug-likeness (QED) is 0.698. The molecule has 0 aromatic carbocycles. The van der Waals surface area contributed by atoms with Gasteiger partial charge in [0, 0.05) is 18.3 Å². The van der Waals surface area contributed by atoms with Crippen molar-refractivity contribution in [2.45, 2.75) is 31.7 Å². The molecule has 2 atom stereocenters. The van der Waals surface area contributed by atoms with Crippen LogP contribution in [0.3, 0.4) is 0 Å². The van der Waals surface area contributed by atoms with Crippen molar-refractivity contribution in [3.05, 3.63) is 24.5 Å². The van der Waals surface area contributed by atoms with Crippen LogP contribution in [0.1, 0.15) is 25.7 Å². The highest BCUT2D eigenvalue weighted by Gasteiger charge is 2.33. The standard InChI is InChI=1S/C12H15N3/c1-2-6-12-10(4-1)8-14-15(12)11-5-3-7-13-9-11/h3,5,7-10,12H,1-2,4,6H2. The number of hydrazone groups is 1. The molecule has 2 aliphatic rings. The highest BCUT2D eigenvalue weighted by Crippen LogP contribution is 2.34. The largest absolute Gasteiger partial charge is 0.262 e. The van der Waals surface area contributed by atoms with Gasteiger partial charge in [0.2, 0.25) is 0 Å². The molecule has 3 rings (SSSR count). The highest BCUT2D eigenvalue weighted by molar-refractivity contribution is 5.69. The Kier molecular flexibility index (Phi) is 2.16. The van der Waals surface area contributed by atoms with E-state index in [1.165, 1.54) is 25.7 Å². The van der Waals surface area contributed by atoms with E-state index in [1.54, 1.807) is 0 Å². The Labute approximate surface area is 89.8 Å². The smallest absolute Gasteiger partial charge is 0.0780 e. The Hall–Kier alpha value is -1.38. The summed E-state index contributed by atoms with van der Waals surface area (Å²) >= 11 is 0. The number of nitrogens with zero attached hydrogens (tertiary/aromatic N) is 3. The van der Waals surface area contributed by atoms with Gasteiger partial charge in [-0.1, -0.05) is 12.8 Å². The predicted octanol–water partition coefficient (Wildman–Crippen LogP) is 2.45. The van der Waals surface area contributed by atoms with Crippen molar-refractivity contribution in [3.8, 4) is 0 Å². The van der Waals surface area contributed by atoms with Crippen LogP contribution in [0.5, 0.6) is 0 Å². The molecule has 2 heterocycles. The topological polar surface area (TPSA) is 28.5 Å². The molecule has 0 spiro atoms. The van der Waals surface area contributed by atoms with Gasteiger partial charge in [-0.05, 0) is 25.0 Å². The Balaban J connectivity index is 1.86. The minimum absolute atomic E-state index is 0.586. The van der Waals surface area contributed by atoms with Crippen LogP contribution in [0.15, 0.2) is 29.6 Å². The predicted molar refractivity (Wildman–Crippen MR) is 61.0 cm³/mol. The molecule has 3 heteroatoms. The lowest BCUT2D eigenvalue weighted by molar-refractivity contribution is 0.386. The molecule has 15 heavy (non-hydrogen) atoms. The third kappa shape index (κ3) is 1.52. The van der Waals surface area contributed by atoms with E-state index < -0.39 is 0 Å². The molecule has 3 nitrogen and oxygen atoms in total. The van der Waals surface area contributed by atoms with Gasteiger partial charge in [0.25, 0.3) is 0 Å². The van der Waals surface area contributed by atoms with Gasteiger partial charge in [-0.2, -0.15) is 5.10 Å². The van der Waals surface area contributed by atoms with E-state index in [1.807, 2.05) is 18.5 Å². The molecular weight excluding hydrogens is 186 g/mol. The summed E-state index contributed by atoms with van der Waals surface area (Å²) in [6.45, 7) is 0. The van der Waals surface area contributed by atoms with Crippen molar-refractivity contribution in [1.29, 1.82) is 0 Å². The van der Waals surface area contributed by atoms with E-state index in [0.29, 0.717) is 12.0 Å². The summed E-state index contributed by atoms with van der Waals surface area (Å²) in [4.78, 5) is 4.15. The van der Waals surface area contributed by atoms with Gasteiger partial charge in [-0.15, -0.1) is 0 Å². The first-order chi connectivity index (χ1) is 7.45. The zero-order valence-electron chi connectivity index (χ0n) is 8.71. The summed E-state index contributed by atoms with van der Waals surface area (Å²) in [5.74, 6) is 0.666. The SMILES string of the molecule is C1=NN(c2cccnc2)C2CCCCC12. The van der Waals surface area contributed by atoms with E-state index >= 15 is 0 Å². The van der Waals surface area contributed by atoms with Gasteiger partial charge >= 0.3 is 0 Å². The average molecular weight is 201 g/mol. The van der Waals surface area contributed by atoms with Gasteiger partial charge in [0.1, 0.15) is 0 Å². The lowest BCUT2D eigenvalue weighted by Crippen LogP contribution is -2.34. The number of anilines is 1. The summed E-state index contributed by atoms with van der Waals surface area (Å²) in [7, 11) is 0. The fourth-order valence-electron chi connectivity index (χ4n) is 2.61. The molecular formula is C12H15N3. The fraction of sp³-hybridized carbons (Fsp3) is 0.500. The maximum absolute atomic E-state index is 4.52. The Morgan fingerprint density at radius 2 is 2.20 bits per heavy atom. The van der Waals surface area contributed by atoms with Gasteiger partial charge in [0.15, 0.2) is 0 Å². The molecule has 78 valence electrons. The van der Waals surface area contributed by atoms with Crippen LogP contribution < -0.4 is 5.01 Å².